The quantitative estimate of drug-likeness (QED) is 0.412. The number of amides is 3. The van der Waals surface area contributed by atoms with Crippen molar-refractivity contribution >= 4 is 23.4 Å². The minimum Gasteiger partial charge on any atom is -0.352 e. The molecule has 0 radical (unpaired) electrons. The van der Waals surface area contributed by atoms with E-state index in [1.54, 1.807) is 4.68 Å². The van der Waals surface area contributed by atoms with Crippen LogP contribution in [0.15, 0.2) is 60.8 Å². The summed E-state index contributed by atoms with van der Waals surface area (Å²) in [7, 11) is 0. The van der Waals surface area contributed by atoms with Crippen molar-refractivity contribution in [2.45, 2.75) is 19.8 Å². The number of nitrogens with zero attached hydrogens (tertiary/aromatic N) is 5. The lowest BCUT2D eigenvalue weighted by Crippen LogP contribution is -2.45. The average Bonchev–Trinajstić information content (AvgIpc) is 3.51. The highest BCUT2D eigenvalue weighted by Crippen LogP contribution is 2.20. The number of carbonyl (C=O) groups is 3. The SMILES string of the molecule is Cc1c(C(=O)N2CCCN2C(=O)CCNC(=O)c2ccc([N+](=O)[O-])cc2)cnn1-c1ccccc1. The van der Waals surface area contributed by atoms with Gasteiger partial charge in [0.25, 0.3) is 17.5 Å². The number of hydrogen-bond donors (Lipinski definition) is 1. The highest BCUT2D eigenvalue weighted by atomic mass is 16.6. The highest BCUT2D eigenvalue weighted by Gasteiger charge is 2.32. The van der Waals surface area contributed by atoms with E-state index >= 15 is 0 Å². The third kappa shape index (κ3) is 5.03. The number of rotatable bonds is 7. The Kier molecular flexibility index (Phi) is 6.86. The molecule has 11 heteroatoms. The molecule has 0 saturated carbocycles. The average molecular weight is 476 g/mol. The molecule has 1 N–H and O–H groups in total. The van der Waals surface area contributed by atoms with Gasteiger partial charge in [0.1, 0.15) is 0 Å². The van der Waals surface area contributed by atoms with E-state index in [9.17, 15) is 24.5 Å². The maximum Gasteiger partial charge on any atom is 0.275 e. The summed E-state index contributed by atoms with van der Waals surface area (Å²) in [4.78, 5) is 48.5. The Balaban J connectivity index is 1.36. The van der Waals surface area contributed by atoms with E-state index < -0.39 is 10.8 Å². The lowest BCUT2D eigenvalue weighted by atomic mass is 10.2. The van der Waals surface area contributed by atoms with Gasteiger partial charge in [0.05, 0.1) is 28.1 Å². The molecule has 11 nitrogen and oxygen atoms in total. The minimum atomic E-state index is -0.544. The van der Waals surface area contributed by atoms with Gasteiger partial charge in [-0.1, -0.05) is 18.2 Å². The van der Waals surface area contributed by atoms with Crippen LogP contribution in [0.5, 0.6) is 0 Å². The second kappa shape index (κ2) is 10.2. The molecule has 180 valence electrons. The van der Waals surface area contributed by atoms with Crippen LogP contribution in [-0.2, 0) is 4.79 Å². The number of non-ortho nitro benzene ring substituents is 1. The van der Waals surface area contributed by atoms with Crippen LogP contribution in [0.4, 0.5) is 5.69 Å². The lowest BCUT2D eigenvalue weighted by molar-refractivity contribution is -0.384. The van der Waals surface area contributed by atoms with Crippen LogP contribution < -0.4 is 5.32 Å². The van der Waals surface area contributed by atoms with Crippen molar-refractivity contribution in [3.63, 3.8) is 0 Å². The first-order valence-electron chi connectivity index (χ1n) is 11.1. The van der Waals surface area contributed by atoms with Crippen LogP contribution in [0.25, 0.3) is 5.69 Å². The fourth-order valence-electron chi connectivity index (χ4n) is 3.92. The fourth-order valence-corrected chi connectivity index (χ4v) is 3.92. The molecule has 35 heavy (non-hydrogen) atoms. The summed E-state index contributed by atoms with van der Waals surface area (Å²) >= 11 is 0. The molecule has 3 amide bonds. The van der Waals surface area contributed by atoms with E-state index in [0.717, 1.165) is 5.69 Å². The zero-order valence-electron chi connectivity index (χ0n) is 19.1. The predicted molar refractivity (Wildman–Crippen MR) is 126 cm³/mol. The van der Waals surface area contributed by atoms with Gasteiger partial charge in [-0.05, 0) is 37.6 Å². The second-order valence-electron chi connectivity index (χ2n) is 8.00. The lowest BCUT2D eigenvalue weighted by Gasteiger charge is -2.28. The normalized spacial score (nSPS) is 13.1. The van der Waals surface area contributed by atoms with E-state index in [1.807, 2.05) is 37.3 Å². The Bertz CT molecular complexity index is 1260. The zero-order chi connectivity index (χ0) is 24.9. The third-order valence-electron chi connectivity index (χ3n) is 5.76. The highest BCUT2D eigenvalue weighted by molar-refractivity contribution is 5.97. The number of para-hydroxylation sites is 1. The molecule has 2 heterocycles. The first-order valence-corrected chi connectivity index (χ1v) is 11.1. The fraction of sp³-hybridized carbons (Fsp3) is 0.250. The van der Waals surface area contributed by atoms with Crippen molar-refractivity contribution in [3.05, 3.63) is 87.7 Å². The molecular weight excluding hydrogens is 452 g/mol. The molecule has 1 saturated heterocycles. The van der Waals surface area contributed by atoms with Crippen molar-refractivity contribution in [3.8, 4) is 5.69 Å². The maximum atomic E-state index is 13.2. The summed E-state index contributed by atoms with van der Waals surface area (Å²) in [5, 5.41) is 20.6. The first-order chi connectivity index (χ1) is 16.9. The number of carbonyl (C=O) groups excluding carboxylic acids is 3. The Labute approximate surface area is 201 Å². The Morgan fingerprint density at radius 3 is 2.40 bits per heavy atom. The van der Waals surface area contributed by atoms with Crippen molar-refractivity contribution in [2.24, 2.45) is 0 Å². The number of nitrogens with one attached hydrogen (secondary N) is 1. The number of hydrazine groups is 1. The molecule has 0 spiro atoms. The van der Waals surface area contributed by atoms with Crippen LogP contribution in [-0.4, -0.2) is 62.1 Å². The molecule has 1 aromatic heterocycles. The van der Waals surface area contributed by atoms with Gasteiger partial charge in [-0.25, -0.2) is 9.69 Å². The molecule has 3 aromatic rings. The van der Waals surface area contributed by atoms with Crippen LogP contribution in [0.1, 0.15) is 39.3 Å². The molecule has 1 aliphatic rings. The number of aromatic nitrogens is 2. The van der Waals surface area contributed by atoms with Crippen LogP contribution in [0, 0.1) is 17.0 Å². The van der Waals surface area contributed by atoms with E-state index in [1.165, 1.54) is 40.5 Å². The van der Waals surface area contributed by atoms with Gasteiger partial charge in [0.2, 0.25) is 5.91 Å². The summed E-state index contributed by atoms with van der Waals surface area (Å²) in [6.07, 6.45) is 2.17. The molecule has 1 aliphatic heterocycles. The minimum absolute atomic E-state index is 0.00472. The standard InChI is InChI=1S/C24H24N6O5/c1-17-21(16-26-29(17)19-6-3-2-4-7-19)24(33)28-15-5-14-27(28)22(31)12-13-25-23(32)18-8-10-20(11-9-18)30(34)35/h2-4,6-11,16H,5,12-15H2,1H3,(H,25,32). The van der Waals surface area contributed by atoms with Crippen LogP contribution in [0.2, 0.25) is 0 Å². The summed E-state index contributed by atoms with van der Waals surface area (Å²) in [6.45, 7) is 2.70. The van der Waals surface area contributed by atoms with E-state index in [-0.39, 0.29) is 36.0 Å². The van der Waals surface area contributed by atoms with E-state index in [2.05, 4.69) is 10.4 Å². The van der Waals surface area contributed by atoms with Crippen LogP contribution in [0.3, 0.4) is 0 Å². The zero-order valence-corrected chi connectivity index (χ0v) is 19.1. The smallest absolute Gasteiger partial charge is 0.275 e. The van der Waals surface area contributed by atoms with Crippen molar-refractivity contribution in [2.75, 3.05) is 19.6 Å². The Morgan fingerprint density at radius 1 is 1.03 bits per heavy atom. The molecule has 0 unspecified atom stereocenters. The molecule has 0 aliphatic carbocycles. The summed E-state index contributed by atoms with van der Waals surface area (Å²) in [6, 6.07) is 14.7. The third-order valence-corrected chi connectivity index (χ3v) is 5.76. The van der Waals surface area contributed by atoms with Gasteiger partial charge in [-0.15, -0.1) is 0 Å². The summed E-state index contributed by atoms with van der Waals surface area (Å²) < 4.78 is 1.68. The Hall–Kier alpha value is -4.54. The van der Waals surface area contributed by atoms with Gasteiger partial charge >= 0.3 is 0 Å². The summed E-state index contributed by atoms with van der Waals surface area (Å²) in [5.41, 5.74) is 2.07. The predicted octanol–water partition coefficient (Wildman–Crippen LogP) is 2.50. The molecule has 2 aromatic carbocycles. The van der Waals surface area contributed by atoms with Crippen LogP contribution >= 0.6 is 0 Å². The molecule has 0 bridgehead atoms. The van der Waals surface area contributed by atoms with Crippen molar-refractivity contribution < 1.29 is 19.3 Å². The topological polar surface area (TPSA) is 131 Å². The number of nitro benzene ring substituents is 1. The number of hydrogen-bond acceptors (Lipinski definition) is 6. The Morgan fingerprint density at radius 2 is 1.71 bits per heavy atom. The van der Waals surface area contributed by atoms with E-state index in [0.29, 0.717) is 30.8 Å². The van der Waals surface area contributed by atoms with Crippen molar-refractivity contribution in [1.82, 2.24) is 25.1 Å². The first kappa shape index (κ1) is 23.6. The monoisotopic (exact) mass is 476 g/mol. The summed E-state index contributed by atoms with van der Waals surface area (Å²) in [5.74, 6) is -1.02. The largest absolute Gasteiger partial charge is 0.352 e. The maximum absolute atomic E-state index is 13.2. The number of nitro groups is 1. The molecule has 0 atom stereocenters. The van der Waals surface area contributed by atoms with Gasteiger partial charge in [0.15, 0.2) is 0 Å². The molecular formula is C24H24N6O5. The molecule has 4 rings (SSSR count). The van der Waals surface area contributed by atoms with Gasteiger partial charge in [0, 0.05) is 43.8 Å². The van der Waals surface area contributed by atoms with Gasteiger partial charge in [-0.3, -0.25) is 29.5 Å². The second-order valence-corrected chi connectivity index (χ2v) is 8.00. The number of benzene rings is 2. The van der Waals surface area contributed by atoms with E-state index in [4.69, 9.17) is 0 Å². The van der Waals surface area contributed by atoms with Crippen molar-refractivity contribution in [1.29, 1.82) is 0 Å². The van der Waals surface area contributed by atoms with Gasteiger partial charge < -0.3 is 5.32 Å². The molecule has 1 fully saturated rings. The van der Waals surface area contributed by atoms with Gasteiger partial charge in [-0.2, -0.15) is 5.10 Å².